The summed E-state index contributed by atoms with van der Waals surface area (Å²) in [6.07, 6.45) is -0.876. The van der Waals surface area contributed by atoms with Gasteiger partial charge in [-0.25, -0.2) is 0 Å². The lowest BCUT2D eigenvalue weighted by atomic mass is 10.2. The van der Waals surface area contributed by atoms with Gasteiger partial charge in [0.2, 0.25) is 0 Å². The molecule has 16 heavy (non-hydrogen) atoms. The Labute approximate surface area is 94.7 Å². The van der Waals surface area contributed by atoms with Gasteiger partial charge in [0.05, 0.1) is 0 Å². The minimum Gasteiger partial charge on any atom is -0.357 e. The third-order valence-corrected chi connectivity index (χ3v) is 2.43. The van der Waals surface area contributed by atoms with Crippen LogP contribution in [0.2, 0.25) is 0 Å². The summed E-state index contributed by atoms with van der Waals surface area (Å²) in [5.41, 5.74) is 0.495. The number of hydrogen-bond donors (Lipinski definition) is 1. The highest BCUT2D eigenvalue weighted by atomic mass is 16.5. The molecule has 0 saturated heterocycles. The molecule has 0 amide bonds. The van der Waals surface area contributed by atoms with Crippen LogP contribution in [-0.4, -0.2) is 38.1 Å². The van der Waals surface area contributed by atoms with E-state index in [-0.39, 0.29) is 11.4 Å². The largest absolute Gasteiger partial charge is 0.357 e. The summed E-state index contributed by atoms with van der Waals surface area (Å²) >= 11 is 0. The summed E-state index contributed by atoms with van der Waals surface area (Å²) < 4.78 is 10.4. The Hall–Kier alpha value is -1.76. The van der Waals surface area contributed by atoms with Crippen LogP contribution in [0, 0.1) is 22.7 Å². The molecule has 0 saturated carbocycles. The monoisotopic (exact) mass is 222 g/mol. The van der Waals surface area contributed by atoms with Crippen molar-refractivity contribution in [1.29, 1.82) is 10.5 Å². The highest BCUT2D eigenvalue weighted by Crippen LogP contribution is 2.21. The Morgan fingerprint density at radius 1 is 1.31 bits per heavy atom. The molecule has 1 rings (SSSR count). The van der Waals surface area contributed by atoms with Crippen LogP contribution >= 0.6 is 0 Å². The highest BCUT2D eigenvalue weighted by Gasteiger charge is 2.35. The first-order chi connectivity index (χ1) is 7.73. The van der Waals surface area contributed by atoms with Crippen molar-refractivity contribution in [2.24, 2.45) is 0 Å². The number of nitrogens with one attached hydrogen (secondary N) is 1. The van der Waals surface area contributed by atoms with Crippen LogP contribution in [0.5, 0.6) is 0 Å². The lowest BCUT2D eigenvalue weighted by Gasteiger charge is -2.39. The van der Waals surface area contributed by atoms with E-state index >= 15 is 0 Å². The maximum absolute atomic E-state index is 9.03. The Kier molecular flexibility index (Phi) is 4.12. The van der Waals surface area contributed by atoms with Crippen LogP contribution < -0.4 is 5.32 Å². The second kappa shape index (κ2) is 5.36. The fraction of sp³-hybridized carbons (Fsp3) is 0.600. The number of nitriles is 2. The van der Waals surface area contributed by atoms with Gasteiger partial charge in [-0.05, 0) is 6.92 Å². The Bertz CT molecular complexity index is 366. The number of nitrogens with zero attached hydrogens (tertiary/aromatic N) is 3. The van der Waals surface area contributed by atoms with Gasteiger partial charge in [0, 0.05) is 20.8 Å². The molecule has 0 fully saturated rings. The Morgan fingerprint density at radius 3 is 2.38 bits per heavy atom. The van der Waals surface area contributed by atoms with E-state index in [1.807, 2.05) is 19.1 Å². The molecule has 0 bridgehead atoms. The van der Waals surface area contributed by atoms with Crippen molar-refractivity contribution in [2.75, 3.05) is 20.8 Å². The molecule has 0 unspecified atom stereocenters. The normalized spacial score (nSPS) is 24.7. The summed E-state index contributed by atoms with van der Waals surface area (Å²) in [5.74, 6) is 0. The molecule has 0 aromatic heterocycles. The van der Waals surface area contributed by atoms with Crippen molar-refractivity contribution in [1.82, 2.24) is 10.2 Å². The predicted octanol–water partition coefficient (Wildman–Crippen LogP) is 0.115. The first-order valence-corrected chi connectivity index (χ1v) is 4.86. The van der Waals surface area contributed by atoms with E-state index < -0.39 is 12.5 Å². The Morgan fingerprint density at radius 2 is 2.00 bits per heavy atom. The average molecular weight is 222 g/mol. The third-order valence-electron chi connectivity index (χ3n) is 2.43. The van der Waals surface area contributed by atoms with Crippen molar-refractivity contribution in [3.8, 4) is 12.1 Å². The van der Waals surface area contributed by atoms with Crippen LogP contribution in [-0.2, 0) is 9.47 Å². The van der Waals surface area contributed by atoms with E-state index in [2.05, 4.69) is 5.32 Å². The van der Waals surface area contributed by atoms with Gasteiger partial charge < -0.3 is 19.7 Å². The molecule has 6 heteroatoms. The van der Waals surface area contributed by atoms with Crippen LogP contribution in [0.25, 0.3) is 0 Å². The fourth-order valence-corrected chi connectivity index (χ4v) is 1.69. The number of hydrogen-bond acceptors (Lipinski definition) is 6. The van der Waals surface area contributed by atoms with Crippen molar-refractivity contribution >= 4 is 0 Å². The van der Waals surface area contributed by atoms with Gasteiger partial charge in [0.15, 0.2) is 18.2 Å². The summed E-state index contributed by atoms with van der Waals surface area (Å²) in [6.45, 7) is 2.45. The summed E-state index contributed by atoms with van der Waals surface area (Å²) in [6, 6.07) is 3.95. The molecule has 0 radical (unpaired) electrons. The van der Waals surface area contributed by atoms with Crippen molar-refractivity contribution in [3.63, 3.8) is 0 Å². The molecule has 2 atom stereocenters. The smallest absolute Gasteiger partial charge is 0.175 e. The molecule has 0 aromatic carbocycles. The van der Waals surface area contributed by atoms with E-state index in [4.69, 9.17) is 20.0 Å². The number of rotatable bonds is 3. The van der Waals surface area contributed by atoms with Crippen LogP contribution in [0.4, 0.5) is 0 Å². The first-order valence-electron chi connectivity index (χ1n) is 4.86. The zero-order chi connectivity index (χ0) is 12.1. The van der Waals surface area contributed by atoms with Gasteiger partial charge in [-0.15, -0.1) is 0 Å². The lowest BCUT2D eigenvalue weighted by Crippen LogP contribution is -2.55. The van der Waals surface area contributed by atoms with Crippen LogP contribution in [0.3, 0.4) is 0 Å². The standard InChI is InChI=1S/C10H14N4O2/c1-4-14-8(6-12)7(5-11)13-9(15-2)10(14)16-3/h9-10,13H,4H2,1-3H3/t9-,10-/m1/s1. The minimum absolute atomic E-state index is 0.213. The fourth-order valence-electron chi connectivity index (χ4n) is 1.69. The van der Waals surface area contributed by atoms with Gasteiger partial charge >= 0.3 is 0 Å². The maximum atomic E-state index is 9.03. The predicted molar refractivity (Wildman–Crippen MR) is 55.4 cm³/mol. The maximum Gasteiger partial charge on any atom is 0.175 e. The molecular weight excluding hydrogens is 208 g/mol. The highest BCUT2D eigenvalue weighted by molar-refractivity contribution is 5.37. The van der Waals surface area contributed by atoms with Gasteiger partial charge in [-0.3, -0.25) is 0 Å². The Balaban J connectivity index is 3.16. The van der Waals surface area contributed by atoms with Gasteiger partial charge in [0.1, 0.15) is 17.8 Å². The zero-order valence-corrected chi connectivity index (χ0v) is 9.52. The molecule has 1 N–H and O–H groups in total. The zero-order valence-electron chi connectivity index (χ0n) is 9.52. The van der Waals surface area contributed by atoms with Crippen LogP contribution in [0.15, 0.2) is 11.4 Å². The van der Waals surface area contributed by atoms with E-state index in [0.29, 0.717) is 6.54 Å². The van der Waals surface area contributed by atoms with Crippen molar-refractivity contribution in [2.45, 2.75) is 19.4 Å². The van der Waals surface area contributed by atoms with E-state index in [1.165, 1.54) is 14.2 Å². The van der Waals surface area contributed by atoms with Crippen molar-refractivity contribution in [3.05, 3.63) is 11.4 Å². The molecule has 1 heterocycles. The third kappa shape index (κ3) is 1.94. The molecule has 86 valence electrons. The summed E-state index contributed by atoms with van der Waals surface area (Å²) in [4.78, 5) is 1.70. The number of likely N-dealkylation sites (N-methyl/N-ethyl adjacent to an activating group) is 1. The molecular formula is C10H14N4O2. The second-order valence-electron chi connectivity index (χ2n) is 3.16. The number of ether oxygens (including phenoxy) is 2. The number of methoxy groups -OCH3 is 2. The number of allylic oxidation sites excluding steroid dienone is 2. The summed E-state index contributed by atoms with van der Waals surface area (Å²) in [5, 5.41) is 20.8. The molecule has 1 aliphatic heterocycles. The van der Waals surface area contributed by atoms with Gasteiger partial charge in [0.25, 0.3) is 0 Å². The quantitative estimate of drug-likeness (QED) is 0.730. The molecule has 1 aliphatic rings. The molecule has 0 spiro atoms. The van der Waals surface area contributed by atoms with E-state index in [1.54, 1.807) is 4.90 Å². The second-order valence-corrected chi connectivity index (χ2v) is 3.16. The van der Waals surface area contributed by atoms with Crippen LogP contribution in [0.1, 0.15) is 6.92 Å². The van der Waals surface area contributed by atoms with Crippen molar-refractivity contribution < 1.29 is 9.47 Å². The minimum atomic E-state index is -0.461. The van der Waals surface area contributed by atoms with Gasteiger partial charge in [-0.1, -0.05) is 0 Å². The molecule has 6 nitrogen and oxygen atoms in total. The molecule has 0 aliphatic carbocycles. The summed E-state index contributed by atoms with van der Waals surface area (Å²) in [7, 11) is 3.05. The topological polar surface area (TPSA) is 81.3 Å². The lowest BCUT2D eigenvalue weighted by molar-refractivity contribution is -0.121. The van der Waals surface area contributed by atoms with E-state index in [9.17, 15) is 0 Å². The van der Waals surface area contributed by atoms with Gasteiger partial charge in [-0.2, -0.15) is 10.5 Å². The first kappa shape index (κ1) is 12.3. The average Bonchev–Trinajstić information content (AvgIpc) is 2.35. The van der Waals surface area contributed by atoms with E-state index in [0.717, 1.165) is 0 Å². The molecule has 0 aromatic rings. The SMILES string of the molecule is CCN1C(C#N)=C(C#N)N[C@H](OC)[C@H]1OC.